The molecule has 0 spiro atoms. The quantitative estimate of drug-likeness (QED) is 0.215. The van der Waals surface area contributed by atoms with Crippen LogP contribution in [0.4, 0.5) is 5.69 Å². The van der Waals surface area contributed by atoms with Crippen LogP contribution in [-0.2, 0) is 34.5 Å². The predicted molar refractivity (Wildman–Crippen MR) is 167 cm³/mol. The number of anilines is 1. The second-order valence-corrected chi connectivity index (χ2v) is 12.5. The molecule has 2 atom stereocenters. The summed E-state index contributed by atoms with van der Waals surface area (Å²) in [5.74, 6) is 0.847. The average Bonchev–Trinajstić information content (AvgIpc) is 2.96. The fourth-order valence-corrected chi connectivity index (χ4v) is 5.34. The zero-order valence-corrected chi connectivity index (χ0v) is 25.0. The molecular weight excluding hydrogens is 506 g/mol. The molecule has 41 heavy (non-hydrogen) atoms. The lowest BCUT2D eigenvalue weighted by Crippen LogP contribution is -2.51. The Morgan fingerprint density at radius 3 is 2.07 bits per heavy atom. The Morgan fingerprint density at radius 2 is 1.41 bits per heavy atom. The summed E-state index contributed by atoms with van der Waals surface area (Å²) < 4.78 is 19.9. The van der Waals surface area contributed by atoms with Crippen molar-refractivity contribution in [2.24, 2.45) is 0 Å². The van der Waals surface area contributed by atoms with Gasteiger partial charge in [0.25, 0.3) is 0 Å². The van der Waals surface area contributed by atoms with E-state index >= 15 is 0 Å². The maximum Gasteiger partial charge on any atom is 0.132 e. The molecule has 0 fully saturated rings. The van der Waals surface area contributed by atoms with Crippen LogP contribution >= 0.6 is 0 Å². The summed E-state index contributed by atoms with van der Waals surface area (Å²) >= 11 is 0. The zero-order valence-electron chi connectivity index (χ0n) is 25.0. The third-order valence-electron chi connectivity index (χ3n) is 7.77. The molecule has 4 aromatic rings. The van der Waals surface area contributed by atoms with Crippen molar-refractivity contribution in [1.82, 2.24) is 0 Å². The molecule has 0 bridgehead atoms. The highest BCUT2D eigenvalue weighted by Crippen LogP contribution is 2.44. The number of rotatable bonds is 10. The monoisotopic (exact) mass is 549 g/mol. The largest absolute Gasteiger partial charge is 0.485 e. The minimum absolute atomic E-state index is 0.117. The van der Waals surface area contributed by atoms with Gasteiger partial charge in [0.1, 0.15) is 23.6 Å². The van der Waals surface area contributed by atoms with E-state index < -0.39 is 5.60 Å². The van der Waals surface area contributed by atoms with Crippen LogP contribution in [0.3, 0.4) is 0 Å². The van der Waals surface area contributed by atoms with E-state index in [9.17, 15) is 0 Å². The van der Waals surface area contributed by atoms with Gasteiger partial charge in [-0.1, -0.05) is 106 Å². The van der Waals surface area contributed by atoms with Gasteiger partial charge in [-0.05, 0) is 66.1 Å². The molecule has 1 heterocycles. The van der Waals surface area contributed by atoms with Gasteiger partial charge in [-0.2, -0.15) is 0 Å². The van der Waals surface area contributed by atoms with Crippen LogP contribution in [0.25, 0.3) is 0 Å². The lowest BCUT2D eigenvalue weighted by molar-refractivity contribution is -0.167. The topological polar surface area (TPSA) is 39.7 Å². The van der Waals surface area contributed by atoms with Crippen molar-refractivity contribution >= 4 is 5.69 Å². The van der Waals surface area contributed by atoms with E-state index in [0.29, 0.717) is 13.2 Å². The van der Waals surface area contributed by atoms with E-state index in [1.165, 1.54) is 16.7 Å². The van der Waals surface area contributed by atoms with E-state index in [-0.39, 0.29) is 17.6 Å². The number of hydrogen-bond donors (Lipinski definition) is 1. The standard InChI is InChI=1S/C37H43NO3/c1-36(2,3)30-18-16-29(17-19-30)26-40-35-34(39-23-22-27-12-8-6-9-13-27)32-24-31(20-21-33(32)41-37(35,4)5)38-25-28-14-10-7-11-15-28/h6-21,24,34-35,38H,22-23,25-26H2,1-5H3. The maximum absolute atomic E-state index is 6.70. The zero-order chi connectivity index (χ0) is 28.9. The van der Waals surface area contributed by atoms with Crippen LogP contribution in [0.15, 0.2) is 103 Å². The fourth-order valence-electron chi connectivity index (χ4n) is 5.34. The second kappa shape index (κ2) is 12.5. The second-order valence-electron chi connectivity index (χ2n) is 12.5. The van der Waals surface area contributed by atoms with E-state index in [4.69, 9.17) is 14.2 Å². The minimum atomic E-state index is -0.575. The molecule has 4 heteroatoms. The van der Waals surface area contributed by atoms with Crippen molar-refractivity contribution in [2.45, 2.75) is 77.4 Å². The van der Waals surface area contributed by atoms with Crippen molar-refractivity contribution < 1.29 is 14.2 Å². The molecule has 2 unspecified atom stereocenters. The van der Waals surface area contributed by atoms with Crippen molar-refractivity contribution in [1.29, 1.82) is 0 Å². The van der Waals surface area contributed by atoms with Gasteiger partial charge >= 0.3 is 0 Å². The Hall–Kier alpha value is -3.60. The van der Waals surface area contributed by atoms with Crippen molar-refractivity contribution in [3.63, 3.8) is 0 Å². The summed E-state index contributed by atoms with van der Waals surface area (Å²) in [6.07, 6.45) is 0.267. The van der Waals surface area contributed by atoms with Crippen LogP contribution in [0.5, 0.6) is 5.75 Å². The van der Waals surface area contributed by atoms with Gasteiger partial charge in [0.15, 0.2) is 0 Å². The Bertz CT molecular complexity index is 1390. The first-order valence-corrected chi connectivity index (χ1v) is 14.7. The van der Waals surface area contributed by atoms with E-state index in [1.54, 1.807) is 0 Å². The molecule has 214 valence electrons. The molecule has 0 amide bonds. The number of hydrogen-bond acceptors (Lipinski definition) is 4. The summed E-state index contributed by atoms with van der Waals surface area (Å²) in [7, 11) is 0. The Morgan fingerprint density at radius 1 is 0.756 bits per heavy atom. The Balaban J connectivity index is 1.38. The van der Waals surface area contributed by atoms with Gasteiger partial charge in [-0.25, -0.2) is 0 Å². The van der Waals surface area contributed by atoms with Crippen molar-refractivity contribution in [3.05, 3.63) is 131 Å². The molecule has 0 radical (unpaired) electrons. The van der Waals surface area contributed by atoms with Crippen LogP contribution < -0.4 is 10.1 Å². The SMILES string of the molecule is CC(C)(C)c1ccc(COC2C(OCCc3ccccc3)c3cc(NCc4ccccc4)ccc3OC2(C)C)cc1. The molecule has 4 nitrogen and oxygen atoms in total. The highest BCUT2D eigenvalue weighted by Gasteiger charge is 2.45. The molecule has 5 rings (SSSR count). The molecule has 1 aliphatic heterocycles. The van der Waals surface area contributed by atoms with Gasteiger partial charge in [0.05, 0.1) is 13.2 Å². The van der Waals surface area contributed by atoms with Crippen LogP contribution in [0.2, 0.25) is 0 Å². The summed E-state index contributed by atoms with van der Waals surface area (Å²) in [6.45, 7) is 12.7. The first-order chi connectivity index (χ1) is 19.7. The summed E-state index contributed by atoms with van der Waals surface area (Å²) in [5.41, 5.74) is 6.54. The number of nitrogens with one attached hydrogen (secondary N) is 1. The number of benzene rings is 4. The van der Waals surface area contributed by atoms with Crippen molar-refractivity contribution in [2.75, 3.05) is 11.9 Å². The van der Waals surface area contributed by atoms with Crippen LogP contribution in [0.1, 0.15) is 68.5 Å². The van der Waals surface area contributed by atoms with Gasteiger partial charge in [0, 0.05) is 17.8 Å². The van der Waals surface area contributed by atoms with E-state index in [2.05, 4.69) is 131 Å². The maximum atomic E-state index is 6.70. The smallest absolute Gasteiger partial charge is 0.132 e. The molecule has 4 aromatic carbocycles. The molecular formula is C37H43NO3. The van der Waals surface area contributed by atoms with Gasteiger partial charge in [-0.15, -0.1) is 0 Å². The van der Waals surface area contributed by atoms with Gasteiger partial charge in [0.2, 0.25) is 0 Å². The van der Waals surface area contributed by atoms with E-state index in [1.807, 2.05) is 12.1 Å². The highest BCUT2D eigenvalue weighted by atomic mass is 16.6. The summed E-state index contributed by atoms with van der Waals surface area (Å²) in [4.78, 5) is 0. The average molecular weight is 550 g/mol. The number of fused-ring (bicyclic) bond motifs is 1. The van der Waals surface area contributed by atoms with Gasteiger partial charge < -0.3 is 19.5 Å². The third kappa shape index (κ3) is 7.38. The highest BCUT2D eigenvalue weighted by molar-refractivity contribution is 5.54. The van der Waals surface area contributed by atoms with E-state index in [0.717, 1.165) is 35.5 Å². The summed E-state index contributed by atoms with van der Waals surface area (Å²) in [5, 5.41) is 3.57. The fraction of sp³-hybridized carbons (Fsp3) is 0.351. The molecule has 0 saturated heterocycles. The predicted octanol–water partition coefficient (Wildman–Crippen LogP) is 8.65. The van der Waals surface area contributed by atoms with Crippen LogP contribution in [0, 0.1) is 0 Å². The van der Waals surface area contributed by atoms with Gasteiger partial charge in [-0.3, -0.25) is 0 Å². The molecule has 1 aliphatic rings. The Labute approximate surface area is 245 Å². The Kier molecular flexibility index (Phi) is 8.82. The third-order valence-corrected chi connectivity index (χ3v) is 7.77. The minimum Gasteiger partial charge on any atom is -0.485 e. The first kappa shape index (κ1) is 28.9. The summed E-state index contributed by atoms with van der Waals surface area (Å²) in [6, 6.07) is 35.9. The molecule has 0 aliphatic carbocycles. The molecule has 1 N–H and O–H groups in total. The lowest BCUT2D eigenvalue weighted by atomic mass is 9.86. The number of ether oxygens (including phenoxy) is 3. The molecule has 0 saturated carbocycles. The van der Waals surface area contributed by atoms with Crippen LogP contribution in [-0.4, -0.2) is 18.3 Å². The van der Waals surface area contributed by atoms with Crippen molar-refractivity contribution in [3.8, 4) is 5.75 Å². The molecule has 0 aromatic heterocycles. The first-order valence-electron chi connectivity index (χ1n) is 14.7. The lowest BCUT2D eigenvalue weighted by Gasteiger charge is -2.44. The normalized spacial score (nSPS) is 17.9.